The number of nitrogens with one attached hydrogen (secondary N) is 1. The SMILES string of the molecule is CCOC(=O)c1[nH]c2cc(Cl)cc(Cl)c2c1C(=CC#N)c1ccccc1N. The number of aromatic nitrogens is 1. The first-order chi connectivity index (χ1) is 13.0. The smallest absolute Gasteiger partial charge is 0.355 e. The Kier molecular flexibility index (Phi) is 5.41. The molecule has 0 aliphatic heterocycles. The van der Waals surface area contributed by atoms with Gasteiger partial charge in [-0.1, -0.05) is 41.4 Å². The number of carbonyl (C=O) groups excluding carboxylic acids is 1. The van der Waals surface area contributed by atoms with Gasteiger partial charge in [-0.3, -0.25) is 0 Å². The monoisotopic (exact) mass is 399 g/mol. The summed E-state index contributed by atoms with van der Waals surface area (Å²) in [7, 11) is 0. The second kappa shape index (κ2) is 7.75. The van der Waals surface area contributed by atoms with Crippen LogP contribution >= 0.6 is 23.2 Å². The fourth-order valence-electron chi connectivity index (χ4n) is 2.97. The summed E-state index contributed by atoms with van der Waals surface area (Å²) in [5, 5.41) is 10.7. The average Bonchev–Trinajstić information content (AvgIpc) is 3.00. The lowest BCUT2D eigenvalue weighted by Gasteiger charge is -2.12. The Morgan fingerprint density at radius 2 is 2.07 bits per heavy atom. The molecule has 1 heterocycles. The lowest BCUT2D eigenvalue weighted by molar-refractivity contribution is 0.0520. The van der Waals surface area contributed by atoms with Crippen molar-refractivity contribution in [3.63, 3.8) is 0 Å². The number of ether oxygens (including phenoxy) is 1. The van der Waals surface area contributed by atoms with Gasteiger partial charge in [-0.2, -0.15) is 5.26 Å². The Balaban J connectivity index is 2.41. The number of allylic oxidation sites excluding steroid dienone is 1. The van der Waals surface area contributed by atoms with Gasteiger partial charge in [0.25, 0.3) is 0 Å². The van der Waals surface area contributed by atoms with E-state index in [4.69, 9.17) is 33.7 Å². The maximum atomic E-state index is 12.6. The largest absolute Gasteiger partial charge is 0.461 e. The maximum Gasteiger partial charge on any atom is 0.355 e. The van der Waals surface area contributed by atoms with Crippen LogP contribution < -0.4 is 5.73 Å². The van der Waals surface area contributed by atoms with Crippen molar-refractivity contribution in [1.82, 2.24) is 4.98 Å². The molecule has 0 unspecified atom stereocenters. The van der Waals surface area contributed by atoms with Crippen molar-refractivity contribution in [2.75, 3.05) is 12.3 Å². The van der Waals surface area contributed by atoms with Crippen LogP contribution in [0.25, 0.3) is 16.5 Å². The highest BCUT2D eigenvalue weighted by Crippen LogP contribution is 2.40. The molecule has 136 valence electrons. The average molecular weight is 400 g/mol. The predicted octanol–water partition coefficient (Wildman–Crippen LogP) is 5.19. The summed E-state index contributed by atoms with van der Waals surface area (Å²) in [6.07, 6.45) is 1.34. The summed E-state index contributed by atoms with van der Waals surface area (Å²) in [4.78, 5) is 15.6. The van der Waals surface area contributed by atoms with E-state index in [0.29, 0.717) is 43.3 Å². The Morgan fingerprint density at radius 1 is 1.33 bits per heavy atom. The number of benzene rings is 2. The quantitative estimate of drug-likeness (QED) is 0.358. The number of esters is 1. The number of hydrogen-bond acceptors (Lipinski definition) is 4. The molecule has 0 saturated carbocycles. The van der Waals surface area contributed by atoms with Crippen LogP contribution in [0, 0.1) is 11.3 Å². The number of nitrogens with zero attached hydrogens (tertiary/aromatic N) is 1. The summed E-state index contributed by atoms with van der Waals surface area (Å²) in [6.45, 7) is 1.91. The van der Waals surface area contributed by atoms with Crippen molar-refractivity contribution < 1.29 is 9.53 Å². The molecule has 7 heteroatoms. The van der Waals surface area contributed by atoms with Crippen LogP contribution in [0.5, 0.6) is 0 Å². The molecule has 1 aromatic heterocycles. The molecule has 0 aliphatic rings. The number of nitrogen functional groups attached to an aromatic ring is 1. The lowest BCUT2D eigenvalue weighted by Crippen LogP contribution is -2.08. The number of anilines is 1. The van der Waals surface area contributed by atoms with Crippen molar-refractivity contribution in [3.05, 3.63) is 69.3 Å². The van der Waals surface area contributed by atoms with Crippen molar-refractivity contribution in [2.24, 2.45) is 0 Å². The number of carbonyl (C=O) groups is 1. The molecule has 0 saturated heterocycles. The van der Waals surface area contributed by atoms with E-state index in [-0.39, 0.29) is 12.3 Å². The van der Waals surface area contributed by atoms with Gasteiger partial charge in [0.2, 0.25) is 0 Å². The maximum absolute atomic E-state index is 12.6. The van der Waals surface area contributed by atoms with Crippen LogP contribution in [0.4, 0.5) is 5.69 Å². The fraction of sp³-hybridized carbons (Fsp3) is 0.100. The number of hydrogen-bond donors (Lipinski definition) is 2. The summed E-state index contributed by atoms with van der Waals surface area (Å²) < 4.78 is 5.18. The first-order valence-corrected chi connectivity index (χ1v) is 8.86. The number of fused-ring (bicyclic) bond motifs is 1. The lowest BCUT2D eigenvalue weighted by atomic mass is 9.93. The Hall–Kier alpha value is -2.94. The van der Waals surface area contributed by atoms with Crippen LogP contribution in [0.15, 0.2) is 42.5 Å². The highest BCUT2D eigenvalue weighted by molar-refractivity contribution is 6.39. The molecule has 0 radical (unpaired) electrons. The Bertz CT molecular complexity index is 1110. The van der Waals surface area contributed by atoms with E-state index in [1.165, 1.54) is 6.08 Å². The van der Waals surface area contributed by atoms with Crippen LogP contribution in [0.1, 0.15) is 28.5 Å². The summed E-state index contributed by atoms with van der Waals surface area (Å²) >= 11 is 12.5. The van der Waals surface area contributed by atoms with E-state index in [1.54, 1.807) is 43.3 Å². The van der Waals surface area contributed by atoms with Crippen LogP contribution in [0.2, 0.25) is 10.0 Å². The molecule has 27 heavy (non-hydrogen) atoms. The molecule has 3 aromatic rings. The zero-order chi connectivity index (χ0) is 19.6. The third-order valence-corrected chi connectivity index (χ3v) is 4.54. The summed E-state index contributed by atoms with van der Waals surface area (Å²) in [5.41, 5.74) is 8.85. The normalized spacial score (nSPS) is 11.4. The molecule has 0 spiro atoms. The van der Waals surface area contributed by atoms with Gasteiger partial charge in [0.05, 0.1) is 17.7 Å². The second-order valence-electron chi connectivity index (χ2n) is 5.68. The minimum absolute atomic E-state index is 0.181. The summed E-state index contributed by atoms with van der Waals surface area (Å²) in [5.74, 6) is -0.561. The van der Waals surface area contributed by atoms with Crippen LogP contribution in [0.3, 0.4) is 0 Å². The molecule has 3 N–H and O–H groups in total. The number of H-pyrrole nitrogens is 1. The molecule has 0 aliphatic carbocycles. The number of para-hydroxylation sites is 1. The Morgan fingerprint density at radius 3 is 2.74 bits per heavy atom. The van der Waals surface area contributed by atoms with Gasteiger partial charge in [0, 0.05) is 44.4 Å². The zero-order valence-electron chi connectivity index (χ0n) is 14.3. The van der Waals surface area contributed by atoms with Crippen molar-refractivity contribution in [1.29, 1.82) is 5.26 Å². The van der Waals surface area contributed by atoms with E-state index in [1.807, 2.05) is 6.07 Å². The second-order valence-corrected chi connectivity index (χ2v) is 6.52. The first-order valence-electron chi connectivity index (χ1n) is 8.10. The van der Waals surface area contributed by atoms with E-state index >= 15 is 0 Å². The highest BCUT2D eigenvalue weighted by atomic mass is 35.5. The van der Waals surface area contributed by atoms with Crippen molar-refractivity contribution in [2.45, 2.75) is 6.92 Å². The predicted molar refractivity (Wildman–Crippen MR) is 108 cm³/mol. The van der Waals surface area contributed by atoms with E-state index < -0.39 is 5.97 Å². The number of halogens is 2. The number of aromatic amines is 1. The zero-order valence-corrected chi connectivity index (χ0v) is 15.9. The molecule has 2 aromatic carbocycles. The van der Waals surface area contributed by atoms with E-state index in [0.717, 1.165) is 0 Å². The van der Waals surface area contributed by atoms with Crippen molar-refractivity contribution in [3.8, 4) is 6.07 Å². The van der Waals surface area contributed by atoms with E-state index in [9.17, 15) is 10.1 Å². The third kappa shape index (κ3) is 3.50. The van der Waals surface area contributed by atoms with Gasteiger partial charge in [0.1, 0.15) is 5.69 Å². The van der Waals surface area contributed by atoms with Gasteiger partial charge in [0.15, 0.2) is 0 Å². The molecule has 3 rings (SSSR count). The summed E-state index contributed by atoms with van der Waals surface area (Å²) in [6, 6.07) is 12.3. The fourth-order valence-corrected chi connectivity index (χ4v) is 3.55. The van der Waals surface area contributed by atoms with Gasteiger partial charge in [-0.25, -0.2) is 4.79 Å². The van der Waals surface area contributed by atoms with Crippen molar-refractivity contribution >= 4 is 51.3 Å². The molecule has 0 fully saturated rings. The number of nitriles is 1. The molecule has 0 atom stereocenters. The topological polar surface area (TPSA) is 91.9 Å². The number of rotatable bonds is 4. The van der Waals surface area contributed by atoms with Gasteiger partial charge >= 0.3 is 5.97 Å². The standard InChI is InChI=1S/C20H15Cl2N3O2/c1-2-27-20(26)19-17(18-14(22)9-11(21)10-16(18)25-19)13(7-8-23)12-5-3-4-6-15(12)24/h3-7,9-10,25H,2,24H2,1H3. The van der Waals surface area contributed by atoms with Gasteiger partial charge < -0.3 is 15.5 Å². The van der Waals surface area contributed by atoms with Crippen LogP contribution in [-0.4, -0.2) is 17.6 Å². The molecule has 5 nitrogen and oxygen atoms in total. The van der Waals surface area contributed by atoms with Gasteiger partial charge in [-0.05, 0) is 25.1 Å². The van der Waals surface area contributed by atoms with Crippen LogP contribution in [-0.2, 0) is 4.74 Å². The molecular weight excluding hydrogens is 385 g/mol. The molecular formula is C20H15Cl2N3O2. The first kappa shape index (κ1) is 18.8. The molecule has 0 amide bonds. The van der Waals surface area contributed by atoms with E-state index in [2.05, 4.69) is 4.98 Å². The van der Waals surface area contributed by atoms with Gasteiger partial charge in [-0.15, -0.1) is 0 Å². The third-order valence-electron chi connectivity index (χ3n) is 4.02. The Labute approximate surface area is 165 Å². The minimum Gasteiger partial charge on any atom is -0.461 e. The molecule has 0 bridgehead atoms. The minimum atomic E-state index is -0.561. The number of nitrogens with two attached hydrogens (primary N) is 1. The highest BCUT2D eigenvalue weighted by Gasteiger charge is 2.25.